The number of ether oxygens (including phenoxy) is 1. The lowest BCUT2D eigenvalue weighted by atomic mass is 9.65. The Bertz CT molecular complexity index is 184. The Labute approximate surface area is 66.9 Å². The highest BCUT2D eigenvalue weighted by Crippen LogP contribution is 2.47. The Kier molecular flexibility index (Phi) is 1.44. The largest absolute Gasteiger partial charge is 0.465 e. The third-order valence-electron chi connectivity index (χ3n) is 3.33. The summed E-state index contributed by atoms with van der Waals surface area (Å²) in [6.07, 6.45) is 4.70. The lowest BCUT2D eigenvalue weighted by Gasteiger charge is -2.36. The van der Waals surface area contributed by atoms with E-state index in [-0.39, 0.29) is 11.4 Å². The van der Waals surface area contributed by atoms with Crippen molar-refractivity contribution in [3.63, 3.8) is 0 Å². The van der Waals surface area contributed by atoms with Gasteiger partial charge in [-0.15, -0.1) is 0 Å². The van der Waals surface area contributed by atoms with Crippen LogP contribution in [0.15, 0.2) is 0 Å². The third kappa shape index (κ3) is 0.883. The van der Waals surface area contributed by atoms with Crippen LogP contribution in [-0.2, 0) is 9.53 Å². The molecule has 1 saturated heterocycles. The number of hydrogen-bond donors (Lipinski definition) is 0. The quantitative estimate of drug-likeness (QED) is 0.538. The molecular weight excluding hydrogens is 140 g/mol. The Morgan fingerprint density at radius 3 is 2.64 bits per heavy atom. The van der Waals surface area contributed by atoms with E-state index in [4.69, 9.17) is 4.74 Å². The van der Waals surface area contributed by atoms with E-state index < -0.39 is 0 Å². The second-order valence-electron chi connectivity index (χ2n) is 3.93. The molecule has 1 heterocycles. The van der Waals surface area contributed by atoms with Crippen LogP contribution in [0, 0.1) is 11.3 Å². The van der Waals surface area contributed by atoms with Crippen molar-refractivity contribution in [2.24, 2.45) is 11.3 Å². The minimum absolute atomic E-state index is 0.0437. The maximum Gasteiger partial charge on any atom is 0.312 e. The molecule has 0 bridgehead atoms. The van der Waals surface area contributed by atoms with E-state index in [2.05, 4.69) is 6.92 Å². The predicted octanol–water partition coefficient (Wildman–Crippen LogP) is 1.74. The predicted molar refractivity (Wildman–Crippen MR) is 41.0 cm³/mol. The second-order valence-corrected chi connectivity index (χ2v) is 3.93. The zero-order valence-corrected chi connectivity index (χ0v) is 6.93. The van der Waals surface area contributed by atoms with Gasteiger partial charge in [0.1, 0.15) is 0 Å². The molecule has 0 radical (unpaired) electrons. The van der Waals surface area contributed by atoms with Crippen molar-refractivity contribution in [1.82, 2.24) is 0 Å². The van der Waals surface area contributed by atoms with Gasteiger partial charge in [0.25, 0.3) is 0 Å². The van der Waals surface area contributed by atoms with Crippen LogP contribution in [0.4, 0.5) is 0 Å². The summed E-state index contributed by atoms with van der Waals surface area (Å²) in [5.74, 6) is 0.666. The summed E-state index contributed by atoms with van der Waals surface area (Å²) in [7, 11) is 0. The molecule has 2 aliphatic rings. The van der Waals surface area contributed by atoms with Gasteiger partial charge in [-0.25, -0.2) is 0 Å². The molecule has 1 saturated carbocycles. The first-order valence-corrected chi connectivity index (χ1v) is 4.41. The van der Waals surface area contributed by atoms with Gasteiger partial charge in [0.2, 0.25) is 0 Å². The van der Waals surface area contributed by atoms with E-state index in [1.165, 1.54) is 19.3 Å². The minimum atomic E-state index is -0.113. The number of esters is 1. The molecule has 2 nitrogen and oxygen atoms in total. The van der Waals surface area contributed by atoms with E-state index in [1.807, 2.05) is 0 Å². The molecule has 2 rings (SSSR count). The summed E-state index contributed by atoms with van der Waals surface area (Å²) in [4.78, 5) is 11.3. The fourth-order valence-corrected chi connectivity index (χ4v) is 2.04. The summed E-state index contributed by atoms with van der Waals surface area (Å²) in [5, 5.41) is 0. The minimum Gasteiger partial charge on any atom is -0.465 e. The Morgan fingerprint density at radius 2 is 2.27 bits per heavy atom. The molecule has 62 valence electrons. The molecule has 2 heteroatoms. The number of carbonyl (C=O) groups is 1. The molecule has 0 amide bonds. The molecule has 2 fully saturated rings. The van der Waals surface area contributed by atoms with Gasteiger partial charge in [-0.1, -0.05) is 6.42 Å². The molecule has 1 aliphatic carbocycles. The number of cyclic esters (lactones) is 1. The number of carbonyl (C=O) groups excluding carboxylic acids is 1. The molecule has 0 aromatic rings. The van der Waals surface area contributed by atoms with E-state index in [1.54, 1.807) is 0 Å². The van der Waals surface area contributed by atoms with Crippen LogP contribution >= 0.6 is 0 Å². The smallest absolute Gasteiger partial charge is 0.312 e. The normalized spacial score (nSPS) is 38.5. The zero-order valence-electron chi connectivity index (χ0n) is 6.93. The fraction of sp³-hybridized carbons (Fsp3) is 0.889. The maximum atomic E-state index is 11.3. The van der Waals surface area contributed by atoms with E-state index in [9.17, 15) is 4.79 Å². The third-order valence-corrected chi connectivity index (χ3v) is 3.33. The van der Waals surface area contributed by atoms with Gasteiger partial charge >= 0.3 is 5.97 Å². The molecule has 0 N–H and O–H groups in total. The number of hydrogen-bond acceptors (Lipinski definition) is 2. The van der Waals surface area contributed by atoms with Gasteiger partial charge < -0.3 is 4.74 Å². The van der Waals surface area contributed by atoms with Crippen LogP contribution in [0.1, 0.15) is 32.6 Å². The van der Waals surface area contributed by atoms with Crippen molar-refractivity contribution in [1.29, 1.82) is 0 Å². The number of rotatable bonds is 1. The van der Waals surface area contributed by atoms with Crippen LogP contribution < -0.4 is 0 Å². The van der Waals surface area contributed by atoms with Crippen LogP contribution in [0.3, 0.4) is 0 Å². The molecule has 0 spiro atoms. The van der Waals surface area contributed by atoms with Crippen molar-refractivity contribution in [2.45, 2.75) is 32.6 Å². The summed E-state index contributed by atoms with van der Waals surface area (Å²) in [6, 6.07) is 0. The first-order chi connectivity index (χ1) is 5.23. The first kappa shape index (κ1) is 7.14. The summed E-state index contributed by atoms with van der Waals surface area (Å²) in [5.41, 5.74) is -0.113. The standard InChI is InChI=1S/C9H14O2/c1-9(7-3-2-4-7)5-6-11-8(9)10/h7H,2-6H2,1H3. The molecular formula is C9H14O2. The highest BCUT2D eigenvalue weighted by atomic mass is 16.5. The zero-order chi connectivity index (χ0) is 7.90. The van der Waals surface area contributed by atoms with E-state index in [0.29, 0.717) is 12.5 Å². The van der Waals surface area contributed by atoms with Gasteiger partial charge in [-0.05, 0) is 32.1 Å². The van der Waals surface area contributed by atoms with E-state index >= 15 is 0 Å². The van der Waals surface area contributed by atoms with Crippen molar-refractivity contribution in [3.8, 4) is 0 Å². The highest BCUT2D eigenvalue weighted by molar-refractivity contribution is 5.78. The van der Waals surface area contributed by atoms with Crippen molar-refractivity contribution in [3.05, 3.63) is 0 Å². The van der Waals surface area contributed by atoms with Crippen LogP contribution in [0.5, 0.6) is 0 Å². The molecule has 1 aliphatic heterocycles. The summed E-state index contributed by atoms with van der Waals surface area (Å²) < 4.78 is 4.99. The first-order valence-electron chi connectivity index (χ1n) is 4.41. The topological polar surface area (TPSA) is 26.3 Å². The van der Waals surface area contributed by atoms with Gasteiger partial charge in [0.05, 0.1) is 12.0 Å². The van der Waals surface area contributed by atoms with Crippen molar-refractivity contribution >= 4 is 5.97 Å². The van der Waals surface area contributed by atoms with Crippen molar-refractivity contribution in [2.75, 3.05) is 6.61 Å². The second kappa shape index (κ2) is 2.23. The van der Waals surface area contributed by atoms with Gasteiger partial charge in [0, 0.05) is 0 Å². The molecule has 1 unspecified atom stereocenters. The molecule has 11 heavy (non-hydrogen) atoms. The molecule has 0 aromatic carbocycles. The Morgan fingerprint density at radius 1 is 1.55 bits per heavy atom. The van der Waals surface area contributed by atoms with Crippen LogP contribution in [0.25, 0.3) is 0 Å². The lowest BCUT2D eigenvalue weighted by Crippen LogP contribution is -2.36. The lowest BCUT2D eigenvalue weighted by molar-refractivity contribution is -0.149. The summed E-state index contributed by atoms with van der Waals surface area (Å²) >= 11 is 0. The van der Waals surface area contributed by atoms with Crippen LogP contribution in [0.2, 0.25) is 0 Å². The SMILES string of the molecule is CC1(C2CCC2)CCOC1=O. The molecule has 0 aromatic heterocycles. The monoisotopic (exact) mass is 154 g/mol. The average Bonchev–Trinajstić information content (AvgIpc) is 2.09. The van der Waals surface area contributed by atoms with Gasteiger partial charge in [-0.2, -0.15) is 0 Å². The average molecular weight is 154 g/mol. The Hall–Kier alpha value is -0.530. The highest BCUT2D eigenvalue weighted by Gasteiger charge is 2.48. The maximum absolute atomic E-state index is 11.3. The Balaban J connectivity index is 2.12. The summed E-state index contributed by atoms with van der Waals surface area (Å²) in [6.45, 7) is 2.71. The molecule has 1 atom stereocenters. The van der Waals surface area contributed by atoms with Crippen molar-refractivity contribution < 1.29 is 9.53 Å². The van der Waals surface area contributed by atoms with E-state index in [0.717, 1.165) is 6.42 Å². The van der Waals surface area contributed by atoms with Gasteiger partial charge in [0.15, 0.2) is 0 Å². The fourth-order valence-electron chi connectivity index (χ4n) is 2.04. The van der Waals surface area contributed by atoms with Crippen LogP contribution in [-0.4, -0.2) is 12.6 Å². The van der Waals surface area contributed by atoms with Gasteiger partial charge in [-0.3, -0.25) is 4.79 Å².